The number of ether oxygens (including phenoxy) is 3. The summed E-state index contributed by atoms with van der Waals surface area (Å²) < 4.78 is 15.5. The van der Waals surface area contributed by atoms with Gasteiger partial charge in [0.15, 0.2) is 0 Å². The Bertz CT molecular complexity index is 742. The second kappa shape index (κ2) is 8.36. The van der Waals surface area contributed by atoms with Gasteiger partial charge in [-0.05, 0) is 24.5 Å². The van der Waals surface area contributed by atoms with Gasteiger partial charge in [-0.2, -0.15) is 5.26 Å². The van der Waals surface area contributed by atoms with Crippen molar-refractivity contribution in [3.63, 3.8) is 0 Å². The van der Waals surface area contributed by atoms with E-state index in [1.54, 1.807) is 6.92 Å². The highest BCUT2D eigenvalue weighted by Gasteiger charge is 2.36. The molecule has 1 aliphatic rings. The lowest BCUT2D eigenvalue weighted by molar-refractivity contribution is -0.140. The maximum atomic E-state index is 12.6. The van der Waals surface area contributed by atoms with E-state index in [-0.39, 0.29) is 30.2 Å². The van der Waals surface area contributed by atoms with Crippen LogP contribution in [0.4, 0.5) is 0 Å². The second-order valence-electron chi connectivity index (χ2n) is 5.62. The van der Waals surface area contributed by atoms with E-state index in [0.29, 0.717) is 5.76 Å². The van der Waals surface area contributed by atoms with Crippen molar-refractivity contribution in [2.45, 2.75) is 26.2 Å². The minimum atomic E-state index is -0.611. The van der Waals surface area contributed by atoms with Gasteiger partial charge >= 0.3 is 5.97 Å². The molecule has 2 N–H and O–H groups in total. The van der Waals surface area contributed by atoms with Crippen LogP contribution >= 0.6 is 0 Å². The van der Waals surface area contributed by atoms with Gasteiger partial charge in [0, 0.05) is 7.11 Å². The van der Waals surface area contributed by atoms with Crippen LogP contribution in [0.5, 0.6) is 0 Å². The van der Waals surface area contributed by atoms with Gasteiger partial charge in [-0.25, -0.2) is 4.79 Å². The van der Waals surface area contributed by atoms with Crippen molar-refractivity contribution in [3.8, 4) is 6.07 Å². The van der Waals surface area contributed by atoms with Crippen LogP contribution in [0.1, 0.15) is 30.9 Å². The van der Waals surface area contributed by atoms with E-state index in [4.69, 9.17) is 19.9 Å². The first-order valence-corrected chi connectivity index (χ1v) is 8.06. The van der Waals surface area contributed by atoms with E-state index in [9.17, 15) is 10.1 Å². The Labute approximate surface area is 147 Å². The van der Waals surface area contributed by atoms with Crippen molar-refractivity contribution in [3.05, 3.63) is 58.2 Å². The summed E-state index contributed by atoms with van der Waals surface area (Å²) in [6.45, 7) is 4.11. The third kappa shape index (κ3) is 4.01. The Balaban J connectivity index is 2.44. The summed E-state index contributed by atoms with van der Waals surface area (Å²) >= 11 is 0. The molecular formula is C19H22N2O4. The number of benzene rings is 1. The summed E-state index contributed by atoms with van der Waals surface area (Å²) in [5.41, 5.74) is 8.32. The normalized spacial score (nSPS) is 17.1. The van der Waals surface area contributed by atoms with Crippen LogP contribution in [-0.2, 0) is 25.4 Å². The number of hydrogen-bond acceptors (Lipinski definition) is 6. The number of hydrogen-bond donors (Lipinski definition) is 1. The molecule has 1 unspecified atom stereocenters. The van der Waals surface area contributed by atoms with E-state index in [2.05, 4.69) is 13.0 Å². The zero-order chi connectivity index (χ0) is 18.4. The number of aryl methyl sites for hydroxylation is 1. The van der Waals surface area contributed by atoms with E-state index in [1.165, 1.54) is 7.11 Å². The molecule has 25 heavy (non-hydrogen) atoms. The van der Waals surface area contributed by atoms with Gasteiger partial charge in [-0.1, -0.05) is 31.2 Å². The smallest absolute Gasteiger partial charge is 0.338 e. The molecule has 6 nitrogen and oxygen atoms in total. The minimum absolute atomic E-state index is 0.0120. The highest BCUT2D eigenvalue weighted by Crippen LogP contribution is 2.39. The predicted octanol–water partition coefficient (Wildman–Crippen LogP) is 2.52. The van der Waals surface area contributed by atoms with Crippen LogP contribution in [0.15, 0.2) is 47.1 Å². The lowest BCUT2D eigenvalue weighted by atomic mass is 9.83. The summed E-state index contributed by atoms with van der Waals surface area (Å²) in [5, 5.41) is 9.53. The number of rotatable bonds is 6. The number of carbonyl (C=O) groups excluding carboxylic acids is 1. The molecule has 6 heteroatoms. The molecule has 1 aromatic rings. The molecule has 2 rings (SSSR count). The number of methoxy groups -OCH3 is 1. The molecular weight excluding hydrogens is 320 g/mol. The number of nitrogens with two attached hydrogens (primary N) is 1. The molecule has 1 heterocycles. The maximum absolute atomic E-state index is 12.6. The van der Waals surface area contributed by atoms with E-state index >= 15 is 0 Å². The molecule has 0 spiro atoms. The van der Waals surface area contributed by atoms with Gasteiger partial charge in [0.1, 0.15) is 24.0 Å². The molecule has 0 amide bonds. The fourth-order valence-corrected chi connectivity index (χ4v) is 2.72. The Kier molecular flexibility index (Phi) is 6.20. The van der Waals surface area contributed by atoms with Crippen molar-refractivity contribution in [1.29, 1.82) is 5.26 Å². The zero-order valence-electron chi connectivity index (χ0n) is 14.7. The van der Waals surface area contributed by atoms with Crippen molar-refractivity contribution >= 4 is 5.97 Å². The number of carbonyl (C=O) groups is 1. The minimum Gasteiger partial charge on any atom is -0.460 e. The summed E-state index contributed by atoms with van der Waals surface area (Å²) in [6, 6.07) is 9.81. The van der Waals surface area contributed by atoms with Gasteiger partial charge in [0.25, 0.3) is 0 Å². The quantitative estimate of drug-likeness (QED) is 0.630. The first-order valence-electron chi connectivity index (χ1n) is 8.06. The summed E-state index contributed by atoms with van der Waals surface area (Å²) in [6.07, 6.45) is 0.901. The number of esters is 1. The fraction of sp³-hybridized carbons (Fsp3) is 0.368. The van der Waals surface area contributed by atoms with Crippen LogP contribution in [0.3, 0.4) is 0 Å². The van der Waals surface area contributed by atoms with Crippen molar-refractivity contribution < 1.29 is 19.0 Å². The summed E-state index contributed by atoms with van der Waals surface area (Å²) in [7, 11) is 1.53. The molecule has 1 aromatic carbocycles. The second-order valence-corrected chi connectivity index (χ2v) is 5.62. The zero-order valence-corrected chi connectivity index (χ0v) is 14.7. The third-order valence-corrected chi connectivity index (χ3v) is 4.07. The van der Waals surface area contributed by atoms with Crippen molar-refractivity contribution in [1.82, 2.24) is 0 Å². The van der Waals surface area contributed by atoms with Crippen LogP contribution in [-0.4, -0.2) is 26.3 Å². The van der Waals surface area contributed by atoms with Crippen molar-refractivity contribution in [2.75, 3.05) is 20.3 Å². The number of allylic oxidation sites excluding steroid dienone is 2. The molecule has 0 fully saturated rings. The molecule has 0 radical (unpaired) electrons. The monoisotopic (exact) mass is 342 g/mol. The molecule has 0 bridgehead atoms. The molecule has 132 valence electrons. The van der Waals surface area contributed by atoms with Gasteiger partial charge in [0.05, 0.1) is 18.1 Å². The lowest BCUT2D eigenvalue weighted by Gasteiger charge is -2.27. The van der Waals surface area contributed by atoms with Crippen LogP contribution in [0.25, 0.3) is 0 Å². The average Bonchev–Trinajstić information content (AvgIpc) is 2.61. The average molecular weight is 342 g/mol. The van der Waals surface area contributed by atoms with Gasteiger partial charge < -0.3 is 19.9 Å². The van der Waals surface area contributed by atoms with Gasteiger partial charge in [0.2, 0.25) is 5.88 Å². The molecule has 0 aliphatic carbocycles. The first kappa shape index (κ1) is 18.6. The van der Waals surface area contributed by atoms with E-state index < -0.39 is 11.9 Å². The third-order valence-electron chi connectivity index (χ3n) is 4.07. The summed E-state index contributed by atoms with van der Waals surface area (Å²) in [4.78, 5) is 12.6. The fourth-order valence-electron chi connectivity index (χ4n) is 2.72. The highest BCUT2D eigenvalue weighted by atomic mass is 16.6. The molecule has 1 aliphatic heterocycles. The number of nitriles is 1. The Morgan fingerprint density at radius 1 is 1.32 bits per heavy atom. The highest BCUT2D eigenvalue weighted by molar-refractivity contribution is 5.92. The van der Waals surface area contributed by atoms with Gasteiger partial charge in [-0.15, -0.1) is 0 Å². The van der Waals surface area contributed by atoms with Crippen LogP contribution in [0.2, 0.25) is 0 Å². The van der Waals surface area contributed by atoms with Crippen molar-refractivity contribution in [2.24, 2.45) is 5.73 Å². The molecule has 0 saturated carbocycles. The molecule has 0 saturated heterocycles. The van der Waals surface area contributed by atoms with Crippen LogP contribution in [0, 0.1) is 11.3 Å². The summed E-state index contributed by atoms with van der Waals surface area (Å²) in [5.74, 6) is -0.805. The Hall–Kier alpha value is -2.78. The Morgan fingerprint density at radius 2 is 2.00 bits per heavy atom. The van der Waals surface area contributed by atoms with Gasteiger partial charge in [-0.3, -0.25) is 0 Å². The Morgan fingerprint density at radius 3 is 2.56 bits per heavy atom. The maximum Gasteiger partial charge on any atom is 0.338 e. The largest absolute Gasteiger partial charge is 0.460 e. The van der Waals surface area contributed by atoms with E-state index in [1.807, 2.05) is 24.3 Å². The first-order chi connectivity index (χ1) is 12.0. The van der Waals surface area contributed by atoms with E-state index in [0.717, 1.165) is 17.5 Å². The lowest BCUT2D eigenvalue weighted by Crippen LogP contribution is -2.26. The number of nitrogens with zero attached hydrogens (tertiary/aromatic N) is 1. The predicted molar refractivity (Wildman–Crippen MR) is 92.0 cm³/mol. The SMILES string of the molecule is CCc1ccc(C2C(C#N)=C(N)OC(C)=C2C(=O)OCCOC)cc1. The molecule has 1 atom stereocenters. The molecule has 0 aromatic heterocycles. The standard InChI is InChI=1S/C19H22N2O4/c1-4-13-5-7-14(8-6-13)17-15(11-20)18(21)25-12(2)16(17)19(22)24-10-9-23-3/h5-8,17H,4,9-10,21H2,1-3H3. The topological polar surface area (TPSA) is 94.6 Å². The van der Waals surface area contributed by atoms with Crippen LogP contribution < -0.4 is 5.73 Å².